The van der Waals surface area contributed by atoms with Crippen molar-refractivity contribution in [1.29, 1.82) is 0 Å². The van der Waals surface area contributed by atoms with Crippen molar-refractivity contribution in [3.8, 4) is 0 Å². The van der Waals surface area contributed by atoms with E-state index < -0.39 is 5.60 Å². The fourth-order valence-electron chi connectivity index (χ4n) is 2.92. The molecule has 1 heterocycles. The molecule has 4 nitrogen and oxygen atoms in total. The smallest absolute Gasteiger partial charge is 0.408 e. The molecular formula is C18H28N2O2. The molecule has 2 rings (SSSR count). The summed E-state index contributed by atoms with van der Waals surface area (Å²) in [4.78, 5) is 14.4. The maximum atomic E-state index is 12.0. The van der Waals surface area contributed by atoms with Gasteiger partial charge in [0.05, 0.1) is 5.54 Å². The van der Waals surface area contributed by atoms with Gasteiger partial charge in [-0.3, -0.25) is 4.90 Å². The lowest BCUT2D eigenvalue weighted by atomic mass is 10.0. The molecule has 1 N–H and O–H groups in total. The molecule has 22 heavy (non-hydrogen) atoms. The van der Waals surface area contributed by atoms with E-state index in [2.05, 4.69) is 48.3 Å². The molecular weight excluding hydrogens is 276 g/mol. The summed E-state index contributed by atoms with van der Waals surface area (Å²) in [7, 11) is 0. The molecule has 1 amide bonds. The highest BCUT2D eigenvalue weighted by molar-refractivity contribution is 5.68. The SMILES string of the molecule is C[C@H](c1ccccc1)N1CC[C@](C)(NC(=O)OC(C)(C)C)C1. The maximum absolute atomic E-state index is 12.0. The van der Waals surface area contributed by atoms with E-state index in [4.69, 9.17) is 4.74 Å². The van der Waals surface area contributed by atoms with Crippen molar-refractivity contribution in [2.24, 2.45) is 0 Å². The molecule has 2 atom stereocenters. The second kappa shape index (κ2) is 6.29. The lowest BCUT2D eigenvalue weighted by Gasteiger charge is -2.30. The van der Waals surface area contributed by atoms with E-state index in [-0.39, 0.29) is 11.6 Å². The van der Waals surface area contributed by atoms with Crippen LogP contribution in [0.2, 0.25) is 0 Å². The van der Waals surface area contributed by atoms with Gasteiger partial charge in [-0.1, -0.05) is 30.3 Å². The van der Waals surface area contributed by atoms with Gasteiger partial charge >= 0.3 is 6.09 Å². The second-order valence-electron chi connectivity index (χ2n) is 7.49. The Balaban J connectivity index is 1.95. The van der Waals surface area contributed by atoms with Crippen molar-refractivity contribution in [3.63, 3.8) is 0 Å². The Morgan fingerprint density at radius 1 is 1.32 bits per heavy atom. The summed E-state index contributed by atoms with van der Waals surface area (Å²) in [6.45, 7) is 11.8. The first kappa shape index (κ1) is 16.8. The minimum absolute atomic E-state index is 0.231. The van der Waals surface area contributed by atoms with E-state index in [1.165, 1.54) is 5.56 Å². The van der Waals surface area contributed by atoms with Crippen molar-refractivity contribution in [3.05, 3.63) is 35.9 Å². The molecule has 1 aromatic rings. The molecule has 0 saturated carbocycles. The average Bonchev–Trinajstić information content (AvgIpc) is 2.78. The fraction of sp³-hybridized carbons (Fsp3) is 0.611. The first-order valence-corrected chi connectivity index (χ1v) is 7.99. The molecule has 0 radical (unpaired) electrons. The van der Waals surface area contributed by atoms with Crippen LogP contribution in [-0.4, -0.2) is 35.2 Å². The van der Waals surface area contributed by atoms with Gasteiger partial charge in [0.15, 0.2) is 0 Å². The maximum Gasteiger partial charge on any atom is 0.408 e. The van der Waals surface area contributed by atoms with Gasteiger partial charge < -0.3 is 10.1 Å². The molecule has 0 spiro atoms. The predicted molar refractivity (Wildman–Crippen MR) is 88.8 cm³/mol. The molecule has 1 aromatic carbocycles. The Bertz CT molecular complexity index is 510. The van der Waals surface area contributed by atoms with Crippen LogP contribution in [0.15, 0.2) is 30.3 Å². The van der Waals surface area contributed by atoms with Crippen LogP contribution in [0.3, 0.4) is 0 Å². The summed E-state index contributed by atoms with van der Waals surface area (Å²) < 4.78 is 5.38. The monoisotopic (exact) mass is 304 g/mol. The third kappa shape index (κ3) is 4.47. The van der Waals surface area contributed by atoms with Gasteiger partial charge in [0.2, 0.25) is 0 Å². The Morgan fingerprint density at radius 3 is 2.55 bits per heavy atom. The number of nitrogens with zero attached hydrogens (tertiary/aromatic N) is 1. The summed E-state index contributed by atoms with van der Waals surface area (Å²) in [5.41, 5.74) is 0.616. The number of hydrogen-bond donors (Lipinski definition) is 1. The molecule has 1 saturated heterocycles. The molecule has 122 valence electrons. The molecule has 1 aliphatic rings. The van der Waals surface area contributed by atoms with Gasteiger partial charge in [-0.2, -0.15) is 0 Å². The number of rotatable bonds is 3. The van der Waals surface area contributed by atoms with Crippen LogP contribution < -0.4 is 5.32 Å². The second-order valence-corrected chi connectivity index (χ2v) is 7.49. The van der Waals surface area contributed by atoms with E-state index in [1.807, 2.05) is 26.8 Å². The van der Waals surface area contributed by atoms with E-state index >= 15 is 0 Å². The average molecular weight is 304 g/mol. The first-order chi connectivity index (χ1) is 10.2. The summed E-state index contributed by atoms with van der Waals surface area (Å²) >= 11 is 0. The molecule has 0 bridgehead atoms. The van der Waals surface area contributed by atoms with Crippen molar-refractivity contribution in [1.82, 2.24) is 10.2 Å². The van der Waals surface area contributed by atoms with E-state index in [0.717, 1.165) is 19.5 Å². The van der Waals surface area contributed by atoms with Crippen molar-refractivity contribution >= 4 is 6.09 Å². The number of carbonyl (C=O) groups excluding carboxylic acids is 1. The van der Waals surface area contributed by atoms with Crippen molar-refractivity contribution in [2.75, 3.05) is 13.1 Å². The number of alkyl carbamates (subject to hydrolysis) is 1. The molecule has 0 aliphatic carbocycles. The van der Waals surface area contributed by atoms with Gasteiger partial charge in [0, 0.05) is 19.1 Å². The van der Waals surface area contributed by atoms with E-state index in [1.54, 1.807) is 0 Å². The zero-order valence-corrected chi connectivity index (χ0v) is 14.3. The van der Waals surface area contributed by atoms with Crippen LogP contribution >= 0.6 is 0 Å². The topological polar surface area (TPSA) is 41.6 Å². The summed E-state index contributed by atoms with van der Waals surface area (Å²) in [5, 5.41) is 3.05. The summed E-state index contributed by atoms with van der Waals surface area (Å²) in [6.07, 6.45) is 0.605. The Labute approximate surface area is 133 Å². The standard InChI is InChI=1S/C18H28N2O2/c1-14(15-9-7-6-8-10-15)20-12-11-18(5,13-20)19-16(21)22-17(2,3)4/h6-10,14H,11-13H2,1-5H3,(H,19,21)/t14-,18+/m1/s1. The number of likely N-dealkylation sites (tertiary alicyclic amines) is 1. The largest absolute Gasteiger partial charge is 0.444 e. The lowest BCUT2D eigenvalue weighted by Crippen LogP contribution is -2.49. The van der Waals surface area contributed by atoms with Crippen molar-refractivity contribution < 1.29 is 9.53 Å². The zero-order chi connectivity index (χ0) is 16.4. The van der Waals surface area contributed by atoms with Crippen LogP contribution in [0.25, 0.3) is 0 Å². The number of nitrogens with one attached hydrogen (secondary N) is 1. The van der Waals surface area contributed by atoms with E-state index in [9.17, 15) is 4.79 Å². The fourth-order valence-corrected chi connectivity index (χ4v) is 2.92. The highest BCUT2D eigenvalue weighted by Crippen LogP contribution is 2.29. The number of ether oxygens (including phenoxy) is 1. The van der Waals surface area contributed by atoms with Crippen LogP contribution in [0, 0.1) is 0 Å². The molecule has 1 aliphatic heterocycles. The van der Waals surface area contributed by atoms with Gasteiger partial charge in [0.25, 0.3) is 0 Å². The molecule has 1 fully saturated rings. The predicted octanol–water partition coefficient (Wildman–Crippen LogP) is 3.74. The van der Waals surface area contributed by atoms with Crippen LogP contribution in [0.5, 0.6) is 0 Å². The number of amides is 1. The summed E-state index contributed by atoms with van der Waals surface area (Å²) in [5.74, 6) is 0. The molecule has 4 heteroatoms. The van der Waals surface area contributed by atoms with Crippen LogP contribution in [-0.2, 0) is 4.74 Å². The Hall–Kier alpha value is -1.55. The quantitative estimate of drug-likeness (QED) is 0.925. The number of carbonyl (C=O) groups is 1. The zero-order valence-electron chi connectivity index (χ0n) is 14.3. The van der Waals surface area contributed by atoms with Crippen molar-refractivity contribution in [2.45, 2.75) is 58.2 Å². The number of benzene rings is 1. The Morgan fingerprint density at radius 2 is 1.95 bits per heavy atom. The van der Waals surface area contributed by atoms with Crippen LogP contribution in [0.1, 0.15) is 52.6 Å². The highest BCUT2D eigenvalue weighted by atomic mass is 16.6. The minimum Gasteiger partial charge on any atom is -0.444 e. The Kier molecular flexibility index (Phi) is 4.81. The van der Waals surface area contributed by atoms with Crippen LogP contribution in [0.4, 0.5) is 4.79 Å². The number of hydrogen-bond acceptors (Lipinski definition) is 3. The normalized spacial score (nSPS) is 24.0. The van der Waals surface area contributed by atoms with E-state index in [0.29, 0.717) is 6.04 Å². The first-order valence-electron chi connectivity index (χ1n) is 7.99. The lowest BCUT2D eigenvalue weighted by molar-refractivity contribution is 0.0464. The minimum atomic E-state index is -0.462. The third-order valence-electron chi connectivity index (χ3n) is 4.14. The summed E-state index contributed by atoms with van der Waals surface area (Å²) in [6, 6.07) is 10.8. The van der Waals surface area contributed by atoms with Gasteiger partial charge in [-0.25, -0.2) is 4.79 Å². The molecule has 0 aromatic heterocycles. The van der Waals surface area contributed by atoms with Gasteiger partial charge in [0.1, 0.15) is 5.60 Å². The van der Waals surface area contributed by atoms with Gasteiger partial charge in [-0.15, -0.1) is 0 Å². The highest BCUT2D eigenvalue weighted by Gasteiger charge is 2.38. The van der Waals surface area contributed by atoms with Gasteiger partial charge in [-0.05, 0) is 46.6 Å². The molecule has 0 unspecified atom stereocenters. The third-order valence-corrected chi connectivity index (χ3v) is 4.14.